The van der Waals surface area contributed by atoms with Gasteiger partial charge in [-0.25, -0.2) is 0 Å². The lowest BCUT2D eigenvalue weighted by Crippen LogP contribution is -2.15. The summed E-state index contributed by atoms with van der Waals surface area (Å²) in [5.74, 6) is 0.925. The molecule has 1 N–H and O–H groups in total. The number of rotatable bonds is 6. The zero-order valence-electron chi connectivity index (χ0n) is 11.4. The molecule has 0 fully saturated rings. The van der Waals surface area contributed by atoms with Crippen LogP contribution in [0.25, 0.3) is 0 Å². The Bertz CT molecular complexity index is 356. The molecule has 0 aliphatic heterocycles. The predicted octanol–water partition coefficient (Wildman–Crippen LogP) is 3.31. The Morgan fingerprint density at radius 1 is 1.29 bits per heavy atom. The number of methoxy groups -OCH3 is 1. The van der Waals surface area contributed by atoms with E-state index in [0.29, 0.717) is 0 Å². The van der Waals surface area contributed by atoms with E-state index in [0.717, 1.165) is 25.0 Å². The first kappa shape index (κ1) is 14.0. The fraction of sp³-hybridized carbons (Fsp3) is 0.600. The van der Waals surface area contributed by atoms with Gasteiger partial charge in [-0.05, 0) is 41.9 Å². The average Bonchev–Trinajstić information content (AvgIpc) is 2.35. The van der Waals surface area contributed by atoms with Crippen LogP contribution in [0.1, 0.15) is 44.7 Å². The van der Waals surface area contributed by atoms with Gasteiger partial charge in [0.1, 0.15) is 5.75 Å². The maximum absolute atomic E-state index is 8.93. The monoisotopic (exact) mass is 236 g/mol. The molecule has 0 heterocycles. The Hall–Kier alpha value is -1.02. The summed E-state index contributed by atoms with van der Waals surface area (Å²) in [6, 6.07) is 6.40. The van der Waals surface area contributed by atoms with E-state index in [1.54, 1.807) is 7.11 Å². The lowest BCUT2D eigenvalue weighted by molar-refractivity contribution is 0.287. The third-order valence-corrected chi connectivity index (χ3v) is 3.55. The maximum Gasteiger partial charge on any atom is 0.122 e. The Morgan fingerprint density at radius 2 is 2.00 bits per heavy atom. The second-order valence-corrected chi connectivity index (χ2v) is 5.09. The Labute approximate surface area is 105 Å². The highest BCUT2D eigenvalue weighted by Crippen LogP contribution is 2.31. The average molecular weight is 236 g/mol. The minimum atomic E-state index is 0.195. The van der Waals surface area contributed by atoms with E-state index in [2.05, 4.69) is 32.9 Å². The van der Waals surface area contributed by atoms with Crippen LogP contribution in [0.2, 0.25) is 0 Å². The van der Waals surface area contributed by atoms with Crippen molar-refractivity contribution in [1.29, 1.82) is 0 Å². The molecule has 1 aromatic rings. The summed E-state index contributed by atoms with van der Waals surface area (Å²) in [5.41, 5.74) is 2.73. The topological polar surface area (TPSA) is 29.5 Å². The standard InChI is InChI=1S/C15H24O2/c1-5-15(2,3)13-8-9-14(17-4)12(11-13)7-6-10-16/h8-9,11,16H,5-7,10H2,1-4H3. The molecule has 0 spiro atoms. The van der Waals surface area contributed by atoms with Crippen LogP contribution in [0.4, 0.5) is 0 Å². The van der Waals surface area contributed by atoms with Crippen LogP contribution in [-0.2, 0) is 11.8 Å². The summed E-state index contributed by atoms with van der Waals surface area (Å²) in [6.45, 7) is 6.94. The van der Waals surface area contributed by atoms with Gasteiger partial charge in [0.2, 0.25) is 0 Å². The third-order valence-electron chi connectivity index (χ3n) is 3.55. The van der Waals surface area contributed by atoms with Gasteiger partial charge in [-0.3, -0.25) is 0 Å². The molecule has 1 aromatic carbocycles. The molecule has 96 valence electrons. The zero-order chi connectivity index (χ0) is 12.9. The first-order chi connectivity index (χ1) is 8.05. The van der Waals surface area contributed by atoms with Crippen LogP contribution >= 0.6 is 0 Å². The first-order valence-corrected chi connectivity index (χ1v) is 6.33. The molecule has 0 aromatic heterocycles. The molecule has 2 heteroatoms. The number of hydrogen-bond acceptors (Lipinski definition) is 2. The van der Waals surface area contributed by atoms with Crippen molar-refractivity contribution in [1.82, 2.24) is 0 Å². The third kappa shape index (κ3) is 3.47. The van der Waals surface area contributed by atoms with Crippen molar-refractivity contribution in [3.63, 3.8) is 0 Å². The van der Waals surface area contributed by atoms with Crippen molar-refractivity contribution in [2.75, 3.05) is 13.7 Å². The smallest absolute Gasteiger partial charge is 0.122 e. The van der Waals surface area contributed by atoms with Gasteiger partial charge in [-0.2, -0.15) is 0 Å². The Morgan fingerprint density at radius 3 is 2.53 bits per heavy atom. The van der Waals surface area contributed by atoms with Crippen LogP contribution in [0.15, 0.2) is 18.2 Å². The lowest BCUT2D eigenvalue weighted by atomic mass is 9.81. The summed E-state index contributed by atoms with van der Waals surface area (Å²) >= 11 is 0. The van der Waals surface area contributed by atoms with Crippen molar-refractivity contribution in [3.8, 4) is 5.75 Å². The molecule has 0 aliphatic carbocycles. The van der Waals surface area contributed by atoms with E-state index < -0.39 is 0 Å². The van der Waals surface area contributed by atoms with E-state index in [1.807, 2.05) is 6.07 Å². The lowest BCUT2D eigenvalue weighted by Gasteiger charge is -2.24. The van der Waals surface area contributed by atoms with E-state index in [9.17, 15) is 0 Å². The number of aryl methyl sites for hydroxylation is 1. The summed E-state index contributed by atoms with van der Waals surface area (Å²) in [7, 11) is 1.70. The van der Waals surface area contributed by atoms with Crippen molar-refractivity contribution >= 4 is 0 Å². The van der Waals surface area contributed by atoms with Gasteiger partial charge in [-0.15, -0.1) is 0 Å². The number of hydrogen-bond donors (Lipinski definition) is 1. The quantitative estimate of drug-likeness (QED) is 0.821. The first-order valence-electron chi connectivity index (χ1n) is 6.33. The fourth-order valence-electron chi connectivity index (χ4n) is 1.87. The van der Waals surface area contributed by atoms with Gasteiger partial charge in [0.15, 0.2) is 0 Å². The molecule has 1 rings (SSSR count). The molecule has 0 aliphatic rings. The van der Waals surface area contributed by atoms with Gasteiger partial charge in [0.25, 0.3) is 0 Å². The molecule has 0 unspecified atom stereocenters. The summed E-state index contributed by atoms with van der Waals surface area (Å²) in [4.78, 5) is 0. The number of aliphatic hydroxyl groups is 1. The number of ether oxygens (including phenoxy) is 1. The summed E-state index contributed by atoms with van der Waals surface area (Å²) < 4.78 is 5.36. The van der Waals surface area contributed by atoms with Crippen LogP contribution in [-0.4, -0.2) is 18.8 Å². The van der Waals surface area contributed by atoms with Crippen LogP contribution in [0, 0.1) is 0 Å². The minimum Gasteiger partial charge on any atom is -0.496 e. The zero-order valence-corrected chi connectivity index (χ0v) is 11.4. The van der Waals surface area contributed by atoms with E-state index in [1.165, 1.54) is 11.1 Å². The van der Waals surface area contributed by atoms with E-state index in [4.69, 9.17) is 9.84 Å². The van der Waals surface area contributed by atoms with Gasteiger partial charge >= 0.3 is 0 Å². The van der Waals surface area contributed by atoms with Crippen molar-refractivity contribution < 1.29 is 9.84 Å². The molecular formula is C15H24O2. The largest absolute Gasteiger partial charge is 0.496 e. The molecule has 0 amide bonds. The van der Waals surface area contributed by atoms with E-state index in [-0.39, 0.29) is 12.0 Å². The van der Waals surface area contributed by atoms with Crippen LogP contribution < -0.4 is 4.74 Å². The Balaban J connectivity index is 3.04. The molecule has 0 saturated carbocycles. The number of benzene rings is 1. The van der Waals surface area contributed by atoms with Gasteiger partial charge in [-0.1, -0.05) is 32.9 Å². The SMILES string of the molecule is CCC(C)(C)c1ccc(OC)c(CCCO)c1. The summed E-state index contributed by atoms with van der Waals surface area (Å²) in [5, 5.41) is 8.93. The fourth-order valence-corrected chi connectivity index (χ4v) is 1.87. The second-order valence-electron chi connectivity index (χ2n) is 5.09. The number of aliphatic hydroxyl groups excluding tert-OH is 1. The highest BCUT2D eigenvalue weighted by molar-refractivity contribution is 5.40. The van der Waals surface area contributed by atoms with Crippen LogP contribution in [0.3, 0.4) is 0 Å². The van der Waals surface area contributed by atoms with Crippen molar-refractivity contribution in [2.24, 2.45) is 0 Å². The van der Waals surface area contributed by atoms with Gasteiger partial charge in [0, 0.05) is 6.61 Å². The van der Waals surface area contributed by atoms with Crippen molar-refractivity contribution in [3.05, 3.63) is 29.3 Å². The summed E-state index contributed by atoms with van der Waals surface area (Å²) in [6.07, 6.45) is 2.76. The molecule has 0 saturated heterocycles. The molecule has 17 heavy (non-hydrogen) atoms. The second kappa shape index (κ2) is 6.06. The van der Waals surface area contributed by atoms with Gasteiger partial charge in [0.05, 0.1) is 7.11 Å². The molecule has 0 radical (unpaired) electrons. The molecule has 2 nitrogen and oxygen atoms in total. The molecule has 0 bridgehead atoms. The van der Waals surface area contributed by atoms with Crippen LogP contribution in [0.5, 0.6) is 5.75 Å². The minimum absolute atomic E-state index is 0.195. The predicted molar refractivity (Wildman–Crippen MR) is 71.7 cm³/mol. The van der Waals surface area contributed by atoms with E-state index >= 15 is 0 Å². The molecule has 0 atom stereocenters. The molecular weight excluding hydrogens is 212 g/mol. The highest BCUT2D eigenvalue weighted by Gasteiger charge is 2.19. The normalized spacial score (nSPS) is 11.6. The van der Waals surface area contributed by atoms with Gasteiger partial charge < -0.3 is 9.84 Å². The highest BCUT2D eigenvalue weighted by atomic mass is 16.5. The Kier molecular flexibility index (Phi) is 5.01. The maximum atomic E-state index is 8.93. The van der Waals surface area contributed by atoms with Crippen molar-refractivity contribution in [2.45, 2.75) is 45.4 Å².